The molecule has 1 aromatic heterocycles. The molecule has 0 spiro atoms. The molecule has 0 saturated carbocycles. The molecule has 1 rings (SSSR count). The van der Waals surface area contributed by atoms with Crippen LogP contribution in [0.5, 0.6) is 0 Å². The molecule has 0 radical (unpaired) electrons. The van der Waals surface area contributed by atoms with Crippen LogP contribution in [0.25, 0.3) is 0 Å². The number of anilines is 1. The lowest BCUT2D eigenvalue weighted by molar-refractivity contribution is 0.0595. The molecule has 0 unspecified atom stereocenters. The lowest BCUT2D eigenvalue weighted by Gasteiger charge is -2.24. The van der Waals surface area contributed by atoms with Gasteiger partial charge in [0.2, 0.25) is 0 Å². The van der Waals surface area contributed by atoms with Crippen LogP contribution in [0.1, 0.15) is 30.8 Å². The number of nitrogens with zero attached hydrogens (tertiary/aromatic N) is 1. The van der Waals surface area contributed by atoms with Gasteiger partial charge < -0.3 is 14.8 Å². The predicted octanol–water partition coefficient (Wildman–Crippen LogP) is 2.40. The Kier molecular flexibility index (Phi) is 5.55. The third-order valence-corrected chi connectivity index (χ3v) is 3.40. The van der Waals surface area contributed by atoms with Gasteiger partial charge in [-0.15, -0.1) is 11.3 Å². The number of nitrogens with one attached hydrogen (secondary N) is 1. The van der Waals surface area contributed by atoms with Crippen LogP contribution >= 0.6 is 11.3 Å². The molecule has 18 heavy (non-hydrogen) atoms. The van der Waals surface area contributed by atoms with Gasteiger partial charge in [-0.3, -0.25) is 0 Å². The summed E-state index contributed by atoms with van der Waals surface area (Å²) in [5.41, 5.74) is 0.465. The molecule has 0 atom stereocenters. The molecule has 1 heterocycles. The summed E-state index contributed by atoms with van der Waals surface area (Å²) in [6.07, 6.45) is 0.964. The Morgan fingerprint density at radius 2 is 2.22 bits per heavy atom. The Balaban J connectivity index is 2.48. The smallest absolute Gasteiger partial charge is 0.357 e. The summed E-state index contributed by atoms with van der Waals surface area (Å²) in [6, 6.07) is 0. The molecule has 0 fully saturated rings. The van der Waals surface area contributed by atoms with Crippen LogP contribution in [0.15, 0.2) is 5.38 Å². The Hall–Kier alpha value is -1.14. The fraction of sp³-hybridized carbons (Fsp3) is 0.667. The predicted molar refractivity (Wildman–Crippen MR) is 72.2 cm³/mol. The van der Waals surface area contributed by atoms with Gasteiger partial charge in [0.15, 0.2) is 10.8 Å². The molecular weight excluding hydrogens is 252 g/mol. The number of hydrogen-bond acceptors (Lipinski definition) is 6. The fourth-order valence-corrected chi connectivity index (χ4v) is 2.01. The highest BCUT2D eigenvalue weighted by Gasteiger charge is 2.18. The van der Waals surface area contributed by atoms with Gasteiger partial charge in [0, 0.05) is 25.6 Å². The Morgan fingerprint density at radius 1 is 1.50 bits per heavy atom. The normalized spacial score (nSPS) is 11.3. The average Bonchev–Trinajstić information content (AvgIpc) is 2.82. The number of rotatable bonds is 7. The van der Waals surface area contributed by atoms with Gasteiger partial charge in [-0.2, -0.15) is 0 Å². The molecule has 1 N–H and O–H groups in total. The van der Waals surface area contributed by atoms with Gasteiger partial charge in [0.1, 0.15) is 0 Å². The zero-order chi connectivity index (χ0) is 13.6. The maximum atomic E-state index is 11.2. The topological polar surface area (TPSA) is 60.5 Å². The first kappa shape index (κ1) is 14.9. The first-order valence-corrected chi connectivity index (χ1v) is 6.63. The number of aromatic nitrogens is 1. The summed E-state index contributed by atoms with van der Waals surface area (Å²) in [5, 5.41) is 5.66. The van der Waals surface area contributed by atoms with Crippen LogP contribution in [0.3, 0.4) is 0 Å². The van der Waals surface area contributed by atoms with Crippen molar-refractivity contribution >= 4 is 22.4 Å². The van der Waals surface area contributed by atoms with E-state index >= 15 is 0 Å². The molecule has 0 aliphatic rings. The summed E-state index contributed by atoms with van der Waals surface area (Å²) in [4.78, 5) is 15.4. The van der Waals surface area contributed by atoms with Crippen molar-refractivity contribution in [2.24, 2.45) is 5.41 Å². The van der Waals surface area contributed by atoms with Crippen LogP contribution in [0.2, 0.25) is 0 Å². The minimum Gasteiger partial charge on any atom is -0.464 e. The average molecular weight is 272 g/mol. The molecule has 0 bridgehead atoms. The van der Waals surface area contributed by atoms with Crippen molar-refractivity contribution in [1.82, 2.24) is 4.98 Å². The second kappa shape index (κ2) is 6.70. The fourth-order valence-electron chi connectivity index (χ4n) is 1.33. The van der Waals surface area contributed by atoms with Crippen molar-refractivity contribution in [3.8, 4) is 0 Å². The molecule has 102 valence electrons. The first-order valence-electron chi connectivity index (χ1n) is 5.75. The quantitative estimate of drug-likeness (QED) is 0.772. The molecule has 5 nitrogen and oxygen atoms in total. The van der Waals surface area contributed by atoms with Crippen LogP contribution in [0, 0.1) is 5.41 Å². The maximum Gasteiger partial charge on any atom is 0.357 e. The molecule has 0 aliphatic heterocycles. The summed E-state index contributed by atoms with van der Waals surface area (Å²) in [5.74, 6) is -0.405. The highest BCUT2D eigenvalue weighted by molar-refractivity contribution is 7.13. The summed E-state index contributed by atoms with van der Waals surface area (Å²) >= 11 is 1.40. The number of methoxy groups -OCH3 is 2. The number of thiazole rings is 1. The number of carbonyl (C=O) groups excluding carboxylic acids is 1. The van der Waals surface area contributed by atoms with E-state index in [-0.39, 0.29) is 5.41 Å². The third-order valence-electron chi connectivity index (χ3n) is 2.60. The van der Waals surface area contributed by atoms with Crippen LogP contribution in [-0.4, -0.2) is 38.3 Å². The van der Waals surface area contributed by atoms with E-state index in [2.05, 4.69) is 28.9 Å². The highest BCUT2D eigenvalue weighted by Crippen LogP contribution is 2.23. The summed E-state index contributed by atoms with van der Waals surface area (Å²) < 4.78 is 9.69. The van der Waals surface area contributed by atoms with Crippen molar-refractivity contribution in [2.75, 3.05) is 32.7 Å². The van der Waals surface area contributed by atoms with Crippen molar-refractivity contribution in [1.29, 1.82) is 0 Å². The van der Waals surface area contributed by atoms with E-state index in [0.717, 1.165) is 24.7 Å². The largest absolute Gasteiger partial charge is 0.464 e. The SMILES string of the molecule is COCCC(C)(C)CNc1nc(C(=O)OC)cs1. The number of esters is 1. The van der Waals surface area contributed by atoms with E-state index in [1.54, 1.807) is 12.5 Å². The van der Waals surface area contributed by atoms with Crippen molar-refractivity contribution in [3.05, 3.63) is 11.1 Å². The summed E-state index contributed by atoms with van der Waals surface area (Å²) in [6.45, 7) is 5.84. The van der Waals surface area contributed by atoms with E-state index in [4.69, 9.17) is 4.74 Å². The standard InChI is InChI=1S/C12H20N2O3S/c1-12(2,5-6-16-3)8-13-11-14-9(7-18-11)10(15)17-4/h7H,5-6,8H2,1-4H3,(H,13,14). The maximum absolute atomic E-state index is 11.2. The molecular formula is C12H20N2O3S. The second-order valence-corrected chi connectivity index (χ2v) is 5.65. The lowest BCUT2D eigenvalue weighted by Crippen LogP contribution is -2.24. The van der Waals surface area contributed by atoms with E-state index in [1.807, 2.05) is 0 Å². The second-order valence-electron chi connectivity index (χ2n) is 4.79. The van der Waals surface area contributed by atoms with E-state index in [0.29, 0.717) is 5.69 Å². The van der Waals surface area contributed by atoms with Crippen molar-refractivity contribution in [2.45, 2.75) is 20.3 Å². The molecule has 0 aliphatic carbocycles. The molecule has 0 saturated heterocycles. The highest BCUT2D eigenvalue weighted by atomic mass is 32.1. The third kappa shape index (κ3) is 4.62. The number of ether oxygens (including phenoxy) is 2. The van der Waals surface area contributed by atoms with Gasteiger partial charge in [-0.1, -0.05) is 13.8 Å². The van der Waals surface area contributed by atoms with Crippen molar-refractivity contribution < 1.29 is 14.3 Å². The molecule has 0 aromatic carbocycles. The van der Waals surface area contributed by atoms with Gasteiger partial charge >= 0.3 is 5.97 Å². The minimum atomic E-state index is -0.405. The van der Waals surface area contributed by atoms with Gasteiger partial charge in [-0.25, -0.2) is 9.78 Å². The van der Waals surface area contributed by atoms with Crippen LogP contribution in [-0.2, 0) is 9.47 Å². The van der Waals surface area contributed by atoms with Gasteiger partial charge in [0.05, 0.1) is 7.11 Å². The monoisotopic (exact) mass is 272 g/mol. The number of hydrogen-bond donors (Lipinski definition) is 1. The van der Waals surface area contributed by atoms with Gasteiger partial charge in [-0.05, 0) is 11.8 Å². The molecule has 6 heteroatoms. The zero-order valence-electron chi connectivity index (χ0n) is 11.3. The van der Waals surface area contributed by atoms with Gasteiger partial charge in [0.25, 0.3) is 0 Å². The molecule has 0 amide bonds. The lowest BCUT2D eigenvalue weighted by atomic mass is 9.90. The minimum absolute atomic E-state index is 0.118. The van der Waals surface area contributed by atoms with Crippen LogP contribution in [0.4, 0.5) is 5.13 Å². The zero-order valence-corrected chi connectivity index (χ0v) is 12.1. The Labute approximate surface area is 112 Å². The van der Waals surface area contributed by atoms with E-state index in [9.17, 15) is 4.79 Å². The van der Waals surface area contributed by atoms with E-state index in [1.165, 1.54) is 18.4 Å². The first-order chi connectivity index (χ1) is 8.48. The Bertz CT molecular complexity index is 390. The molecule has 1 aromatic rings. The van der Waals surface area contributed by atoms with E-state index < -0.39 is 5.97 Å². The Morgan fingerprint density at radius 3 is 2.83 bits per heavy atom. The number of carbonyl (C=O) groups is 1. The van der Waals surface area contributed by atoms with Crippen LogP contribution < -0.4 is 5.32 Å². The van der Waals surface area contributed by atoms with Crippen molar-refractivity contribution in [3.63, 3.8) is 0 Å². The summed E-state index contributed by atoms with van der Waals surface area (Å²) in [7, 11) is 3.05.